The van der Waals surface area contributed by atoms with Crippen molar-refractivity contribution in [1.82, 2.24) is 0 Å². The number of hydrogen-bond donors (Lipinski definition) is 2. The fourth-order valence-electron chi connectivity index (χ4n) is 2.19. The zero-order valence-electron chi connectivity index (χ0n) is 10.8. The molecule has 6 heteroatoms. The molecular weight excluding hydrogens is 224 g/mol. The zero-order valence-corrected chi connectivity index (χ0v) is 10.8. The molecule has 1 heterocycles. The molecule has 3 atom stereocenters. The standard InChI is InChI=1S/C11H20N2O4/c1-7-5-8(12)6-13(7,9(14)15)10(16)17-11(2,3)4/h7-8H,5-6,12H2,1-4H3/p+1/t7?,8-,13?/m0/s1. The van der Waals surface area contributed by atoms with Gasteiger partial charge in [-0.2, -0.15) is 9.59 Å². The number of carboxylic acid groups (broad SMARTS) is 1. The van der Waals surface area contributed by atoms with Crippen LogP contribution in [0.3, 0.4) is 0 Å². The lowest BCUT2D eigenvalue weighted by Crippen LogP contribution is -2.60. The molecule has 1 aliphatic heterocycles. The molecule has 1 fully saturated rings. The molecule has 0 saturated carbocycles. The summed E-state index contributed by atoms with van der Waals surface area (Å²) < 4.78 is 4.48. The van der Waals surface area contributed by atoms with Gasteiger partial charge in [-0.3, -0.25) is 0 Å². The summed E-state index contributed by atoms with van der Waals surface area (Å²) in [5.41, 5.74) is 5.05. The molecule has 0 aromatic heterocycles. The Morgan fingerprint density at radius 3 is 2.24 bits per heavy atom. The third-order valence-electron chi connectivity index (χ3n) is 2.98. The van der Waals surface area contributed by atoms with E-state index in [1.807, 2.05) is 0 Å². The minimum absolute atomic E-state index is 0.0887. The normalized spacial score (nSPS) is 33.5. The third-order valence-corrected chi connectivity index (χ3v) is 2.98. The van der Waals surface area contributed by atoms with Crippen LogP contribution >= 0.6 is 0 Å². The van der Waals surface area contributed by atoms with Gasteiger partial charge in [-0.25, -0.2) is 0 Å². The molecular formula is C11H21N2O4+. The highest BCUT2D eigenvalue weighted by Gasteiger charge is 2.58. The average Bonchev–Trinajstić information content (AvgIpc) is 2.38. The number of quaternary nitrogens is 1. The predicted octanol–water partition coefficient (Wildman–Crippen LogP) is 1.54. The van der Waals surface area contributed by atoms with Crippen molar-refractivity contribution in [3.8, 4) is 0 Å². The van der Waals surface area contributed by atoms with Crippen LogP contribution in [0.15, 0.2) is 0 Å². The highest BCUT2D eigenvalue weighted by atomic mass is 16.6. The molecule has 0 radical (unpaired) electrons. The molecule has 2 unspecified atom stereocenters. The van der Waals surface area contributed by atoms with Crippen molar-refractivity contribution in [2.75, 3.05) is 6.54 Å². The van der Waals surface area contributed by atoms with Gasteiger partial charge in [0.2, 0.25) is 0 Å². The van der Waals surface area contributed by atoms with E-state index in [2.05, 4.69) is 0 Å². The number of carbonyl (C=O) groups excluding carboxylic acids is 1. The number of nitrogens with two attached hydrogens (primary N) is 1. The topological polar surface area (TPSA) is 89.6 Å². The Hall–Kier alpha value is -1.14. The van der Waals surface area contributed by atoms with Crippen LogP contribution in [0.5, 0.6) is 0 Å². The van der Waals surface area contributed by atoms with Crippen LogP contribution in [0.4, 0.5) is 9.59 Å². The van der Waals surface area contributed by atoms with Gasteiger partial charge in [0.05, 0.1) is 6.04 Å². The molecule has 0 aliphatic carbocycles. The number of imide groups is 1. The van der Waals surface area contributed by atoms with Gasteiger partial charge in [0.15, 0.2) is 0 Å². The van der Waals surface area contributed by atoms with Gasteiger partial charge in [-0.1, -0.05) is 0 Å². The van der Waals surface area contributed by atoms with Crippen LogP contribution in [0, 0.1) is 0 Å². The molecule has 17 heavy (non-hydrogen) atoms. The van der Waals surface area contributed by atoms with E-state index < -0.39 is 22.3 Å². The van der Waals surface area contributed by atoms with E-state index in [0.717, 1.165) is 0 Å². The molecule has 0 aromatic rings. The zero-order chi connectivity index (χ0) is 13.4. The van der Waals surface area contributed by atoms with E-state index in [0.29, 0.717) is 6.42 Å². The maximum Gasteiger partial charge on any atom is 0.527 e. The SMILES string of the molecule is CC1C[C@H](N)C[N+]1(C(=O)O)C(=O)OC(C)(C)C. The molecule has 0 bridgehead atoms. The van der Waals surface area contributed by atoms with E-state index >= 15 is 0 Å². The Balaban J connectivity index is 3.02. The average molecular weight is 245 g/mol. The number of likely N-dealkylation sites (tertiary alicyclic amines) is 1. The second-order valence-electron chi connectivity index (χ2n) is 5.66. The Morgan fingerprint density at radius 1 is 1.41 bits per heavy atom. The van der Waals surface area contributed by atoms with Gasteiger partial charge in [-0.15, -0.1) is 4.48 Å². The second-order valence-corrected chi connectivity index (χ2v) is 5.66. The first-order valence-corrected chi connectivity index (χ1v) is 5.70. The summed E-state index contributed by atoms with van der Waals surface area (Å²) in [5, 5.41) is 9.34. The highest BCUT2D eigenvalue weighted by Crippen LogP contribution is 2.29. The molecule has 6 nitrogen and oxygen atoms in total. The molecule has 1 rings (SSSR count). The number of amides is 2. The van der Waals surface area contributed by atoms with Gasteiger partial charge in [0.1, 0.15) is 18.2 Å². The Labute approximate surface area is 101 Å². The van der Waals surface area contributed by atoms with Crippen molar-refractivity contribution in [1.29, 1.82) is 0 Å². The highest BCUT2D eigenvalue weighted by molar-refractivity contribution is 5.76. The fourth-order valence-corrected chi connectivity index (χ4v) is 2.19. The van der Waals surface area contributed by atoms with Gasteiger partial charge >= 0.3 is 12.2 Å². The van der Waals surface area contributed by atoms with Gasteiger partial charge < -0.3 is 15.6 Å². The van der Waals surface area contributed by atoms with Crippen molar-refractivity contribution in [3.05, 3.63) is 0 Å². The summed E-state index contributed by atoms with van der Waals surface area (Å²) in [5.74, 6) is 0. The lowest BCUT2D eigenvalue weighted by atomic mass is 10.2. The molecule has 1 saturated heterocycles. The van der Waals surface area contributed by atoms with E-state index in [1.54, 1.807) is 27.7 Å². The Morgan fingerprint density at radius 2 is 1.94 bits per heavy atom. The van der Waals surface area contributed by atoms with Crippen LogP contribution in [0.1, 0.15) is 34.1 Å². The Bertz CT molecular complexity index is 337. The van der Waals surface area contributed by atoms with Crippen LogP contribution in [-0.4, -0.2) is 46.0 Å². The van der Waals surface area contributed by atoms with E-state index in [1.165, 1.54) is 0 Å². The number of carbonyl (C=O) groups is 2. The van der Waals surface area contributed by atoms with Crippen LogP contribution in [0.25, 0.3) is 0 Å². The fraction of sp³-hybridized carbons (Fsp3) is 0.818. The minimum Gasteiger partial charge on any atom is -0.435 e. The molecule has 3 N–H and O–H groups in total. The maximum absolute atomic E-state index is 12.1. The summed E-state index contributed by atoms with van der Waals surface area (Å²) in [4.78, 5) is 23.5. The van der Waals surface area contributed by atoms with Crippen molar-refractivity contribution >= 4 is 12.2 Å². The Kier molecular flexibility index (Phi) is 3.50. The molecule has 2 amide bonds. The van der Waals surface area contributed by atoms with Gasteiger partial charge in [0.25, 0.3) is 0 Å². The van der Waals surface area contributed by atoms with E-state index in [-0.39, 0.29) is 18.6 Å². The first-order chi connectivity index (χ1) is 7.59. The number of rotatable bonds is 0. The monoisotopic (exact) mass is 245 g/mol. The summed E-state index contributed by atoms with van der Waals surface area (Å²) in [6.07, 6.45) is -1.42. The van der Waals surface area contributed by atoms with Crippen LogP contribution in [-0.2, 0) is 4.74 Å². The van der Waals surface area contributed by atoms with Gasteiger partial charge in [-0.05, 0) is 27.7 Å². The number of ether oxygens (including phenoxy) is 1. The lowest BCUT2D eigenvalue weighted by Gasteiger charge is -2.31. The van der Waals surface area contributed by atoms with Crippen molar-refractivity contribution < 1.29 is 23.9 Å². The van der Waals surface area contributed by atoms with Crippen molar-refractivity contribution in [2.24, 2.45) is 5.73 Å². The first kappa shape index (κ1) is 13.9. The predicted molar refractivity (Wildman–Crippen MR) is 61.4 cm³/mol. The molecule has 0 aromatic carbocycles. The summed E-state index contributed by atoms with van der Waals surface area (Å²) in [6, 6.07) is -0.647. The second kappa shape index (κ2) is 4.27. The first-order valence-electron chi connectivity index (χ1n) is 5.70. The van der Waals surface area contributed by atoms with Crippen molar-refractivity contribution in [2.45, 2.75) is 51.8 Å². The lowest BCUT2D eigenvalue weighted by molar-refractivity contribution is -0.796. The van der Waals surface area contributed by atoms with Crippen molar-refractivity contribution in [3.63, 3.8) is 0 Å². The largest absolute Gasteiger partial charge is 0.527 e. The van der Waals surface area contributed by atoms with Gasteiger partial charge in [0, 0.05) is 6.42 Å². The molecule has 98 valence electrons. The molecule has 1 aliphatic rings. The van der Waals surface area contributed by atoms with E-state index in [9.17, 15) is 14.7 Å². The minimum atomic E-state index is -1.19. The van der Waals surface area contributed by atoms with Crippen LogP contribution in [0.2, 0.25) is 0 Å². The van der Waals surface area contributed by atoms with E-state index in [4.69, 9.17) is 10.5 Å². The van der Waals surface area contributed by atoms with Crippen LogP contribution < -0.4 is 5.73 Å². The quantitative estimate of drug-likeness (QED) is 0.632. The number of hydrogen-bond acceptors (Lipinski definition) is 4. The summed E-state index contributed by atoms with van der Waals surface area (Å²) in [6.45, 7) is 6.94. The summed E-state index contributed by atoms with van der Waals surface area (Å²) >= 11 is 0. The third kappa shape index (κ3) is 2.58. The number of nitrogens with zero attached hydrogens (tertiary/aromatic N) is 1. The molecule has 0 spiro atoms. The maximum atomic E-state index is 12.1. The summed E-state index contributed by atoms with van der Waals surface area (Å²) in [7, 11) is 0. The smallest absolute Gasteiger partial charge is 0.435 e.